The monoisotopic (exact) mass is 1430 g/mol. The van der Waals surface area contributed by atoms with Crippen molar-refractivity contribution in [3.05, 3.63) is 345 Å². The number of aromatic nitrogens is 4. The zero-order chi connectivity index (χ0) is 74.2. The molecule has 0 spiro atoms. The van der Waals surface area contributed by atoms with E-state index >= 15 is 0 Å². The largest absolute Gasteiger partial charge is 0.510 e. The van der Waals surface area contributed by atoms with Crippen LogP contribution in [-0.2, 0) is 26.5 Å². The molecule has 4 heterocycles. The first-order valence-electron chi connectivity index (χ1n) is 37.6. The summed E-state index contributed by atoms with van der Waals surface area (Å²) in [5, 5.41) is 6.92. The van der Waals surface area contributed by atoms with E-state index in [2.05, 4.69) is 177 Å². The van der Waals surface area contributed by atoms with E-state index in [0.29, 0.717) is 39.5 Å². The Morgan fingerprint density at radius 1 is 0.442 bits per heavy atom. The van der Waals surface area contributed by atoms with E-state index in [1.165, 1.54) is 20.7 Å². The number of benzene rings is 13. The summed E-state index contributed by atoms with van der Waals surface area (Å²) in [6.07, 6.45) is 5.58. The molecular weight excluding hydrogens is 1350 g/mol. The summed E-state index contributed by atoms with van der Waals surface area (Å²) in [5.41, 5.74) is 7.17. The minimum Gasteiger partial charge on any atom is -0.510 e. The number of hydrogen-bond donors (Lipinski definition) is 0. The number of hydrogen-bond acceptors (Lipinski definition) is 2. The van der Waals surface area contributed by atoms with Crippen molar-refractivity contribution < 1.29 is 48.2 Å². The molecule has 95 heavy (non-hydrogen) atoms. The normalized spacial score (nSPS) is 13.8. The Hall–Kier alpha value is -11.0. The number of nitrogens with zero attached hydrogens (tertiary/aromatic N) is 4. The molecule has 3 aromatic heterocycles. The molecule has 16 aromatic rings. The molecule has 1 aliphatic heterocycles. The van der Waals surface area contributed by atoms with Crippen LogP contribution in [0.4, 0.5) is 0 Å². The zero-order valence-electron chi connectivity index (χ0n) is 64.6. The van der Waals surface area contributed by atoms with Gasteiger partial charge in [0.2, 0.25) is 0 Å². The van der Waals surface area contributed by atoms with Crippen molar-refractivity contribution in [2.45, 2.75) is 26.2 Å². The third-order valence-electron chi connectivity index (χ3n) is 17.9. The molecule has 0 saturated carbocycles. The van der Waals surface area contributed by atoms with Crippen molar-refractivity contribution in [2.24, 2.45) is 0 Å². The smallest absolute Gasteiger partial charge is 0.268 e. The van der Waals surface area contributed by atoms with Crippen LogP contribution in [0.25, 0.3) is 117 Å². The molecule has 17 rings (SSSR count). The van der Waals surface area contributed by atoms with E-state index in [1.807, 2.05) is 106 Å². The van der Waals surface area contributed by atoms with Gasteiger partial charge < -0.3 is 13.9 Å². The quantitative estimate of drug-likeness (QED) is 0.0560. The van der Waals surface area contributed by atoms with Crippen LogP contribution in [0.15, 0.2) is 321 Å². The van der Waals surface area contributed by atoms with Crippen LogP contribution in [0.3, 0.4) is 0 Å². The van der Waals surface area contributed by atoms with Crippen LogP contribution < -0.4 is 30.1 Å². The number of rotatable bonds is 11. The third kappa shape index (κ3) is 10.2. The molecule has 0 saturated heterocycles. The topological polar surface area (TPSA) is 35.9 Å². The van der Waals surface area contributed by atoms with E-state index in [4.69, 9.17) is 17.9 Å². The van der Waals surface area contributed by atoms with Gasteiger partial charge in [0, 0.05) is 44.3 Å². The van der Waals surface area contributed by atoms with Crippen molar-refractivity contribution in [1.29, 1.82) is 0 Å². The minimum atomic E-state index is -2.99. The van der Waals surface area contributed by atoms with Crippen molar-refractivity contribution in [3.8, 4) is 95.5 Å². The summed E-state index contributed by atoms with van der Waals surface area (Å²) in [6, 6.07) is 78.4. The van der Waals surface area contributed by atoms with Gasteiger partial charge >= 0.3 is 0 Å². The molecule has 0 N–H and O–H groups in total. The first-order valence-corrected chi connectivity index (χ1v) is 33.1. The van der Waals surface area contributed by atoms with Crippen LogP contribution in [-0.4, -0.2) is 22.2 Å². The number of ether oxygens (including phenoxy) is 1. The second-order valence-corrected chi connectivity index (χ2v) is 28.2. The summed E-state index contributed by atoms with van der Waals surface area (Å²) in [6.45, 7) is 6.57. The minimum absolute atomic E-state index is 0. The van der Waals surface area contributed by atoms with Gasteiger partial charge in [0.25, 0.3) is 6.33 Å². The molecule has 0 radical (unpaired) electrons. The van der Waals surface area contributed by atoms with Crippen molar-refractivity contribution in [2.75, 3.05) is 0 Å². The average molecular weight is 1430 g/mol. The number of pyridine rings is 1. The van der Waals surface area contributed by atoms with E-state index < -0.39 is 109 Å². The van der Waals surface area contributed by atoms with Crippen LogP contribution in [0, 0.1) is 18.5 Å². The van der Waals surface area contributed by atoms with Gasteiger partial charge in [0.1, 0.15) is 5.82 Å². The number of imidazole rings is 1. The Morgan fingerprint density at radius 2 is 0.968 bits per heavy atom. The van der Waals surface area contributed by atoms with Crippen LogP contribution in [0.2, 0.25) is 0 Å². The molecule has 0 atom stereocenters. The van der Waals surface area contributed by atoms with E-state index in [1.54, 1.807) is 12.1 Å². The molecule has 7 heteroatoms. The molecule has 0 amide bonds. The fourth-order valence-electron chi connectivity index (χ4n) is 13.7. The van der Waals surface area contributed by atoms with Crippen LogP contribution >= 0.6 is 0 Å². The van der Waals surface area contributed by atoms with Gasteiger partial charge in [-0.25, -0.2) is 4.98 Å². The Balaban J connectivity index is 0.00000890. The van der Waals surface area contributed by atoms with Gasteiger partial charge in [-0.05, 0) is 146 Å². The van der Waals surface area contributed by atoms with Gasteiger partial charge in [-0.3, -0.25) is 4.57 Å². The fraction of sp³-hybridized carbons (Fsp3) is 0.0455. The van der Waals surface area contributed by atoms with Crippen molar-refractivity contribution >= 4 is 61.7 Å². The molecule has 1 aliphatic rings. The van der Waals surface area contributed by atoms with Gasteiger partial charge in [-0.1, -0.05) is 275 Å². The van der Waals surface area contributed by atoms with Crippen LogP contribution in [0.1, 0.15) is 44.2 Å². The first kappa shape index (κ1) is 46.1. The summed E-state index contributed by atoms with van der Waals surface area (Å²) in [7, 11) is -2.99. The molecule has 456 valence electrons. The fourth-order valence-corrected chi connectivity index (χ4v) is 18.5. The maximum absolute atomic E-state index is 10.4. The van der Waals surface area contributed by atoms with E-state index in [9.17, 15) is 9.60 Å². The maximum atomic E-state index is 10.4. The van der Waals surface area contributed by atoms with Crippen molar-refractivity contribution in [1.82, 2.24) is 14.1 Å². The first-order chi connectivity index (χ1) is 51.7. The molecule has 0 aliphatic carbocycles. The molecule has 0 bridgehead atoms. The summed E-state index contributed by atoms with van der Waals surface area (Å²) >= 11 is 0. The average Bonchev–Trinajstić information content (AvgIpc) is 1.45. The molecule has 0 unspecified atom stereocenters. The van der Waals surface area contributed by atoms with Crippen molar-refractivity contribution in [3.63, 3.8) is 0 Å². The molecule has 0 fully saturated rings. The summed E-state index contributed by atoms with van der Waals surface area (Å²) in [5.74, 6) is 1.46. The predicted octanol–water partition coefficient (Wildman–Crippen LogP) is 18.6. The van der Waals surface area contributed by atoms with Gasteiger partial charge in [0.05, 0.1) is 34.5 Å². The summed E-state index contributed by atoms with van der Waals surface area (Å²) < 4.78 is 133. The van der Waals surface area contributed by atoms with E-state index in [-0.39, 0.29) is 37.6 Å². The van der Waals surface area contributed by atoms with E-state index in [0.717, 1.165) is 61.0 Å². The van der Waals surface area contributed by atoms with Gasteiger partial charge in [-0.15, -0.1) is 29.7 Å². The number of para-hydroxylation sites is 2. The maximum Gasteiger partial charge on any atom is 0.268 e. The third-order valence-corrected chi connectivity index (χ3v) is 22.7. The predicted molar refractivity (Wildman–Crippen MR) is 388 cm³/mol. The Kier molecular flexibility index (Phi) is 11.7. The molecular formula is C88H62N4OPtSi-2. The van der Waals surface area contributed by atoms with Gasteiger partial charge in [-0.2, -0.15) is 18.2 Å². The summed E-state index contributed by atoms with van der Waals surface area (Å²) in [4.78, 5) is 5.07. The Morgan fingerprint density at radius 3 is 1.59 bits per heavy atom. The SMILES string of the molecule is [2H]c1c([2H])c([2H])c(-c2c([2H])c(-c3cccc4c3-[n+]3[c-]n(-c5[c-]c(Oc6[c-]c7c(cc6)c6cc([Si](c8ccccc8)(c8ccccc8)c8ccccc8)ccc6n7-c6cc(C(C)(C)C)ccn6)ccc5)c5cccc(c53)-c3ccccc3-c3ccccc3-4)c([2H])c(-c3c([2H])c([2H])c([2H])c([2H])c3[2H])c2[2H])c([2H])c1[2H].[Pt]. The second-order valence-electron chi connectivity index (χ2n) is 24.4. The van der Waals surface area contributed by atoms with Gasteiger partial charge in [0.15, 0.2) is 8.07 Å². The Labute approximate surface area is 587 Å². The zero-order valence-corrected chi connectivity index (χ0v) is 54.9. The molecule has 5 nitrogen and oxygen atoms in total. The standard InChI is InChI=1S/C88H62N4OSi.Pt/c1-88(2,3)65-50-51-89-85(55-65)92-82-49-47-72(94(69-32-13-6-14-33-69,70-34-15-7-16-35-70)71-36-17-8-18-37-71)58-81(82)78-48-46-68(57-84(78)92)93-67-31-23-30-66(56-67)90-59-91-86-73(64-53-62(60-26-9-4-10-27-60)52-63(54-64)61-28-11-5-12-29-61)42-24-43-79(86)76-40-21-19-38-74(76)75-39-20-22-41-77(75)80-44-25-45-83(90)87(80)91;/h4-55,58H,1-3H3;/q-2;/i4D,5D,9D,10D,11D,12D,26D,27D,28D,29D,52D,53D,54D;. The molecule has 13 aromatic carbocycles. The van der Waals surface area contributed by atoms with Crippen LogP contribution in [0.5, 0.6) is 11.5 Å². The number of fused-ring (bicyclic) bond motifs is 10. The Bertz CT molecular complexity index is 6150. The second kappa shape index (κ2) is 24.1.